The van der Waals surface area contributed by atoms with E-state index in [9.17, 15) is 0 Å². The zero-order chi connectivity index (χ0) is 26.5. The molecule has 0 aromatic heterocycles. The first kappa shape index (κ1) is 39.5. The second-order valence-electron chi connectivity index (χ2n) is 11.5. The van der Waals surface area contributed by atoms with Crippen molar-refractivity contribution in [2.24, 2.45) is 5.73 Å². The van der Waals surface area contributed by atoms with Gasteiger partial charge in [-0.05, 0) is 25.8 Å². The molecule has 0 fully saturated rings. The van der Waals surface area contributed by atoms with Crippen LogP contribution in [-0.2, 0) is 9.47 Å². The van der Waals surface area contributed by atoms with E-state index in [4.69, 9.17) is 15.2 Å². The van der Waals surface area contributed by atoms with Crippen molar-refractivity contribution in [1.82, 2.24) is 0 Å². The van der Waals surface area contributed by atoms with Gasteiger partial charge in [-0.25, -0.2) is 0 Å². The summed E-state index contributed by atoms with van der Waals surface area (Å²) in [7, 11) is 4.50. The zero-order valence-electron chi connectivity index (χ0n) is 25.8. The molecule has 4 nitrogen and oxygen atoms in total. The Morgan fingerprint density at radius 1 is 0.568 bits per heavy atom. The zero-order valence-corrected chi connectivity index (χ0v) is 27.4. The summed E-state index contributed by atoms with van der Waals surface area (Å²) in [5.74, 6) is 0. The maximum absolute atomic E-state index is 6.45. The number of hydrogen-bond donors (Lipinski definition) is 2. The molecular weight excluding hydrogens is 524 g/mol. The van der Waals surface area contributed by atoms with Crippen molar-refractivity contribution in [2.45, 2.75) is 167 Å². The molecule has 0 aromatic rings. The molecule has 0 bridgehead atoms. The maximum Gasteiger partial charge on any atom is 0.132 e. The molecule has 226 valence electrons. The number of nitrogens with two attached hydrogens (primary N) is 1. The summed E-state index contributed by atoms with van der Waals surface area (Å²) in [6, 6.07) is 0.462. The van der Waals surface area contributed by atoms with Gasteiger partial charge in [-0.3, -0.25) is 0 Å². The third-order valence-corrected chi connectivity index (χ3v) is 7.66. The summed E-state index contributed by atoms with van der Waals surface area (Å²) < 4.78 is 12.6. The molecule has 0 saturated heterocycles. The molecule has 0 aliphatic carbocycles. The molecule has 0 aliphatic rings. The van der Waals surface area contributed by atoms with Crippen molar-refractivity contribution in [3.8, 4) is 0 Å². The molecule has 0 spiro atoms. The van der Waals surface area contributed by atoms with E-state index >= 15 is 0 Å². The van der Waals surface area contributed by atoms with Crippen molar-refractivity contribution >= 4 is 0 Å². The minimum absolute atomic E-state index is 0. The van der Waals surface area contributed by atoms with Crippen LogP contribution in [0.15, 0.2) is 0 Å². The average Bonchev–Trinajstić information content (AvgIpc) is 2.87. The highest BCUT2D eigenvalue weighted by molar-refractivity contribution is 4.70. The number of unbranched alkanes of at least 4 members (excludes halogenated alkanes) is 18. The van der Waals surface area contributed by atoms with Crippen LogP contribution in [0.3, 0.4) is 0 Å². The van der Waals surface area contributed by atoms with E-state index in [1.807, 2.05) is 0 Å². The lowest BCUT2D eigenvalue weighted by atomic mass is 10.0. The smallest absolute Gasteiger partial charge is 0.132 e. The van der Waals surface area contributed by atoms with E-state index in [1.54, 1.807) is 0 Å². The van der Waals surface area contributed by atoms with E-state index in [-0.39, 0.29) is 23.1 Å². The van der Waals surface area contributed by atoms with Gasteiger partial charge in [-0.1, -0.05) is 129 Å². The van der Waals surface area contributed by atoms with Gasteiger partial charge >= 0.3 is 0 Å². The Bertz CT molecular complexity index is 412. The van der Waals surface area contributed by atoms with Gasteiger partial charge < -0.3 is 37.1 Å². The molecule has 0 radical (unpaired) electrons. The monoisotopic (exact) mass is 592 g/mol. The van der Waals surface area contributed by atoms with Crippen LogP contribution in [0.4, 0.5) is 0 Å². The van der Waals surface area contributed by atoms with Gasteiger partial charge in [0, 0.05) is 19.6 Å². The molecule has 3 N–H and O–H groups in total. The third-order valence-electron chi connectivity index (χ3n) is 7.66. The molecule has 0 rings (SSSR count). The lowest BCUT2D eigenvalue weighted by molar-refractivity contribution is -0.890. The van der Waals surface area contributed by atoms with E-state index in [0.717, 1.165) is 39.2 Å². The first-order valence-electron chi connectivity index (χ1n) is 16.4. The van der Waals surface area contributed by atoms with Crippen molar-refractivity contribution < 1.29 is 31.4 Å². The predicted octanol–water partition coefficient (Wildman–Crippen LogP) is 4.49. The van der Waals surface area contributed by atoms with Gasteiger partial charge in [0.05, 0.1) is 20.7 Å². The van der Waals surface area contributed by atoms with E-state index in [2.05, 4.69) is 27.9 Å². The van der Waals surface area contributed by atoms with Crippen LogP contribution in [0.2, 0.25) is 0 Å². The number of likely N-dealkylation sites (N-methyl/N-ethyl adjacent to an activating group) is 1. The molecule has 2 atom stereocenters. The summed E-state index contributed by atoms with van der Waals surface area (Å²) in [5, 5.41) is 0. The Balaban J connectivity index is 0. The topological polar surface area (TPSA) is 48.9 Å². The largest absolute Gasteiger partial charge is 1.00 e. The van der Waals surface area contributed by atoms with Crippen molar-refractivity contribution in [3.63, 3.8) is 0 Å². The van der Waals surface area contributed by atoms with Gasteiger partial charge in [0.1, 0.15) is 12.1 Å². The maximum atomic E-state index is 6.45. The summed E-state index contributed by atoms with van der Waals surface area (Å²) in [4.78, 5) is 1.46. The first-order chi connectivity index (χ1) is 17.7. The fourth-order valence-electron chi connectivity index (χ4n) is 5.18. The van der Waals surface area contributed by atoms with Crippen molar-refractivity contribution in [2.75, 3.05) is 40.5 Å². The highest BCUT2D eigenvalue weighted by Gasteiger charge is 2.27. The minimum atomic E-state index is 0. The number of ether oxygens (including phenoxy) is 2. The Kier molecular flexibility index (Phi) is 34.7. The molecule has 2 unspecified atom stereocenters. The number of quaternary nitrogens is 1. The van der Waals surface area contributed by atoms with Crippen LogP contribution in [-0.4, -0.2) is 52.6 Å². The standard InChI is InChI=1S/C32H68N2O2.BrH/c1-5-7-9-11-13-15-17-19-21-23-28-35-30-32(31(34(3)4)26-25-27-33)36-29-24-22-20-18-16-14-12-10-8-6-2;/h31-32H,5-30,33H2,1-4H3;1H. The molecule has 0 heterocycles. The lowest BCUT2D eigenvalue weighted by Crippen LogP contribution is -3.11. The summed E-state index contributed by atoms with van der Waals surface area (Å²) in [5.41, 5.74) is 5.83. The Hall–Kier alpha value is 0.320. The van der Waals surface area contributed by atoms with E-state index < -0.39 is 0 Å². The second-order valence-corrected chi connectivity index (χ2v) is 11.5. The Morgan fingerprint density at radius 2 is 0.973 bits per heavy atom. The molecule has 0 saturated carbocycles. The van der Waals surface area contributed by atoms with Crippen LogP contribution in [0, 0.1) is 0 Å². The first-order valence-corrected chi connectivity index (χ1v) is 16.4. The van der Waals surface area contributed by atoms with Crippen molar-refractivity contribution in [1.29, 1.82) is 0 Å². The fraction of sp³-hybridized carbons (Fsp3) is 1.00. The van der Waals surface area contributed by atoms with E-state index in [1.165, 1.54) is 133 Å². The number of rotatable bonds is 30. The quantitative estimate of drug-likeness (QED) is 0.121. The fourth-order valence-corrected chi connectivity index (χ4v) is 5.18. The van der Waals surface area contributed by atoms with Crippen molar-refractivity contribution in [3.05, 3.63) is 0 Å². The third kappa shape index (κ3) is 27.7. The van der Waals surface area contributed by atoms with Crippen LogP contribution < -0.4 is 27.6 Å². The summed E-state index contributed by atoms with van der Waals surface area (Å²) >= 11 is 0. The van der Waals surface area contributed by atoms with Gasteiger partial charge in [-0.2, -0.15) is 0 Å². The molecule has 0 aliphatic heterocycles. The number of nitrogens with one attached hydrogen (secondary N) is 1. The predicted molar refractivity (Wildman–Crippen MR) is 159 cm³/mol. The highest BCUT2D eigenvalue weighted by atomic mass is 79.9. The normalized spacial score (nSPS) is 13.1. The molecule has 0 aromatic carbocycles. The highest BCUT2D eigenvalue weighted by Crippen LogP contribution is 2.13. The van der Waals surface area contributed by atoms with Crippen LogP contribution >= 0.6 is 0 Å². The van der Waals surface area contributed by atoms with Crippen LogP contribution in [0.5, 0.6) is 0 Å². The van der Waals surface area contributed by atoms with Gasteiger partial charge in [0.15, 0.2) is 0 Å². The molecular formula is C32H69BrN2O2. The second kappa shape index (κ2) is 32.5. The number of hydrogen-bond acceptors (Lipinski definition) is 3. The SMILES string of the molecule is CCCCCCCCCCCCOCC(OCCCCCCCCCCCC)C(CCCN)[NH+](C)C.[Br-]. The molecule has 5 heteroatoms. The number of halogens is 1. The van der Waals surface area contributed by atoms with Crippen LogP contribution in [0.1, 0.15) is 155 Å². The Labute approximate surface area is 244 Å². The summed E-state index contributed by atoms with van der Waals surface area (Å²) in [6.45, 7) is 7.81. The Morgan fingerprint density at radius 3 is 1.38 bits per heavy atom. The van der Waals surface area contributed by atoms with Gasteiger partial charge in [0.2, 0.25) is 0 Å². The average molecular weight is 594 g/mol. The van der Waals surface area contributed by atoms with Gasteiger partial charge in [0.25, 0.3) is 0 Å². The van der Waals surface area contributed by atoms with E-state index in [0.29, 0.717) is 6.04 Å². The molecule has 37 heavy (non-hydrogen) atoms. The van der Waals surface area contributed by atoms with Crippen LogP contribution in [0.25, 0.3) is 0 Å². The molecule has 0 amide bonds. The lowest BCUT2D eigenvalue weighted by Gasteiger charge is -2.29. The minimum Gasteiger partial charge on any atom is -1.00 e. The van der Waals surface area contributed by atoms with Gasteiger partial charge in [-0.15, -0.1) is 0 Å². The summed E-state index contributed by atoms with van der Waals surface area (Å²) in [6.07, 6.45) is 29.7.